The molecule has 0 aliphatic heterocycles. The molecule has 2 unspecified atom stereocenters. The highest BCUT2D eigenvalue weighted by Gasteiger charge is 2.34. The number of hydrogen-bond donors (Lipinski definition) is 0. The number of benzene rings is 2. The predicted molar refractivity (Wildman–Crippen MR) is 210 cm³/mol. The molecule has 0 amide bonds. The minimum atomic E-state index is -0.0591. The first-order valence-electron chi connectivity index (χ1n) is 18.1. The van der Waals surface area contributed by atoms with Gasteiger partial charge >= 0.3 is 0 Å². The second-order valence-electron chi connectivity index (χ2n) is 16.9. The van der Waals surface area contributed by atoms with Gasteiger partial charge in [0, 0.05) is 5.41 Å². The molecule has 0 N–H and O–H groups in total. The molecule has 256 valence electrons. The lowest BCUT2D eigenvalue weighted by Crippen LogP contribution is -2.30. The van der Waals surface area contributed by atoms with Gasteiger partial charge in [0.25, 0.3) is 0 Å². The summed E-state index contributed by atoms with van der Waals surface area (Å²) in [6, 6.07) is 18.4. The van der Waals surface area contributed by atoms with Crippen molar-refractivity contribution in [2.75, 3.05) is 0 Å². The highest BCUT2D eigenvalue weighted by molar-refractivity contribution is 5.49. The minimum absolute atomic E-state index is 0.0591. The Morgan fingerprint density at radius 3 is 1.91 bits per heavy atom. The average molecular weight is 625 g/mol. The fourth-order valence-electron chi connectivity index (χ4n) is 5.63. The van der Waals surface area contributed by atoms with Crippen molar-refractivity contribution < 1.29 is 0 Å². The van der Waals surface area contributed by atoms with E-state index in [1.165, 1.54) is 90.3 Å². The molecule has 0 heteroatoms. The van der Waals surface area contributed by atoms with E-state index in [0.717, 1.165) is 6.42 Å². The summed E-state index contributed by atoms with van der Waals surface area (Å²) >= 11 is 0. The molecule has 2 aromatic rings. The minimum Gasteiger partial charge on any atom is -0.100 e. The lowest BCUT2D eigenvalue weighted by Gasteiger charge is -2.38. The number of hydrogen-bond acceptors (Lipinski definition) is 0. The molecule has 2 atom stereocenters. The third-order valence-corrected chi connectivity index (χ3v) is 9.18. The van der Waals surface area contributed by atoms with Crippen LogP contribution in [0.25, 0.3) is 0 Å². The van der Waals surface area contributed by atoms with E-state index in [0.29, 0.717) is 11.3 Å². The van der Waals surface area contributed by atoms with Gasteiger partial charge in [0.05, 0.1) is 0 Å². The van der Waals surface area contributed by atoms with E-state index in [9.17, 15) is 0 Å². The van der Waals surface area contributed by atoms with E-state index in [4.69, 9.17) is 0 Å². The molecule has 3 rings (SSSR count). The van der Waals surface area contributed by atoms with Gasteiger partial charge in [-0.1, -0.05) is 159 Å². The zero-order valence-corrected chi connectivity index (χ0v) is 32.6. The van der Waals surface area contributed by atoms with Gasteiger partial charge in [-0.15, -0.1) is 13.2 Å². The zero-order valence-electron chi connectivity index (χ0n) is 32.6. The summed E-state index contributed by atoms with van der Waals surface area (Å²) < 4.78 is 0. The van der Waals surface area contributed by atoms with Crippen LogP contribution in [0.15, 0.2) is 96.1 Å². The molecule has 0 fully saturated rings. The summed E-state index contributed by atoms with van der Waals surface area (Å²) in [5, 5.41) is 0. The highest BCUT2D eigenvalue weighted by Crippen LogP contribution is 2.44. The van der Waals surface area contributed by atoms with E-state index in [-0.39, 0.29) is 10.8 Å². The third-order valence-electron chi connectivity index (χ3n) is 9.18. The molecule has 0 saturated heterocycles. The van der Waals surface area contributed by atoms with Gasteiger partial charge in [0.2, 0.25) is 0 Å². The van der Waals surface area contributed by atoms with Crippen molar-refractivity contribution in [2.24, 2.45) is 16.7 Å². The van der Waals surface area contributed by atoms with Crippen LogP contribution in [0.1, 0.15) is 150 Å². The molecule has 0 radical (unpaired) electrons. The molecule has 0 spiro atoms. The van der Waals surface area contributed by atoms with Gasteiger partial charge in [-0.2, -0.15) is 0 Å². The SMILES string of the molecule is C=C(C)C.C=C(C)CCCCCCc1cc(C(C)(Cc2ccccc2)C2=CC(C)CC(C(C)(C)C)=C2)ccc1C.CCC(C)(C)C. The second-order valence-corrected chi connectivity index (χ2v) is 16.9. The van der Waals surface area contributed by atoms with Crippen molar-refractivity contribution in [3.05, 3.63) is 118 Å². The normalized spacial score (nSPS) is 16.1. The number of rotatable bonds is 11. The Hall–Kier alpha value is -2.60. The van der Waals surface area contributed by atoms with Crippen molar-refractivity contribution in [3.8, 4) is 0 Å². The maximum atomic E-state index is 4.05. The lowest BCUT2D eigenvalue weighted by atomic mass is 9.66. The van der Waals surface area contributed by atoms with Crippen molar-refractivity contribution in [3.63, 3.8) is 0 Å². The Labute approximate surface area is 287 Å². The molecule has 0 aromatic heterocycles. The monoisotopic (exact) mass is 625 g/mol. The molecule has 0 nitrogen and oxygen atoms in total. The number of unbranched alkanes of at least 4 members (excludes halogenated alkanes) is 3. The van der Waals surface area contributed by atoms with E-state index in [1.54, 1.807) is 5.57 Å². The Balaban J connectivity index is 0.000000919. The van der Waals surface area contributed by atoms with Gasteiger partial charge in [-0.05, 0) is 111 Å². The maximum Gasteiger partial charge on any atom is 0.0212 e. The van der Waals surface area contributed by atoms with Crippen LogP contribution < -0.4 is 0 Å². The summed E-state index contributed by atoms with van der Waals surface area (Å²) in [4.78, 5) is 0. The standard InChI is InChI=1S/C36H50.C6H14.C4H8/c1-27(2)16-12-9-10-15-19-31-24-32(21-20-29(31)4)36(8,26-30-17-13-11-14-18-30)34-23-28(3)22-33(25-34)35(5,6)7;1-5-6(2,3)4;1-4(2)3/h11,13-14,17-18,20-21,23-25,28H,1,9-10,12,15-16,19,22,26H2,2-8H3;5H2,1-4H3;1H2,2-3H3. The first-order valence-corrected chi connectivity index (χ1v) is 18.1. The van der Waals surface area contributed by atoms with E-state index >= 15 is 0 Å². The molecule has 1 aliphatic carbocycles. The number of allylic oxidation sites excluding steroid dienone is 6. The largest absolute Gasteiger partial charge is 0.100 e. The second kappa shape index (κ2) is 19.3. The summed E-state index contributed by atoms with van der Waals surface area (Å²) in [7, 11) is 0. The highest BCUT2D eigenvalue weighted by atomic mass is 14.4. The molecule has 0 heterocycles. The summed E-state index contributed by atoms with van der Waals surface area (Å²) in [6.45, 7) is 36.9. The lowest BCUT2D eigenvalue weighted by molar-refractivity contribution is 0.398. The van der Waals surface area contributed by atoms with Gasteiger partial charge < -0.3 is 0 Å². The van der Waals surface area contributed by atoms with Crippen LogP contribution in [0.3, 0.4) is 0 Å². The average Bonchev–Trinajstić information content (AvgIpc) is 2.95. The van der Waals surface area contributed by atoms with Crippen molar-refractivity contribution in [2.45, 2.75) is 153 Å². The van der Waals surface area contributed by atoms with E-state index in [2.05, 4.69) is 150 Å². The molecular formula is C46H72. The molecule has 46 heavy (non-hydrogen) atoms. The molecular weight excluding hydrogens is 553 g/mol. The topological polar surface area (TPSA) is 0 Å². The third kappa shape index (κ3) is 15.8. The van der Waals surface area contributed by atoms with E-state index < -0.39 is 0 Å². The van der Waals surface area contributed by atoms with Crippen molar-refractivity contribution in [1.82, 2.24) is 0 Å². The molecule has 2 aromatic carbocycles. The first-order chi connectivity index (χ1) is 21.3. The molecule has 0 saturated carbocycles. The quantitative estimate of drug-likeness (QED) is 0.172. The Morgan fingerprint density at radius 1 is 0.826 bits per heavy atom. The van der Waals surface area contributed by atoms with E-state index in [1.807, 2.05) is 13.8 Å². The first kappa shape index (κ1) is 41.4. The van der Waals surface area contributed by atoms with Crippen LogP contribution >= 0.6 is 0 Å². The van der Waals surface area contributed by atoms with Crippen LogP contribution in [0.4, 0.5) is 0 Å². The van der Waals surface area contributed by atoms with Crippen LogP contribution in [0.5, 0.6) is 0 Å². The zero-order chi connectivity index (χ0) is 35.1. The van der Waals surface area contributed by atoms with Crippen LogP contribution in [0, 0.1) is 23.7 Å². The van der Waals surface area contributed by atoms with Gasteiger partial charge in [-0.25, -0.2) is 0 Å². The Bertz CT molecular complexity index is 1260. The van der Waals surface area contributed by atoms with Gasteiger partial charge in [0.1, 0.15) is 0 Å². The van der Waals surface area contributed by atoms with Crippen LogP contribution in [0.2, 0.25) is 0 Å². The summed E-state index contributed by atoms with van der Waals surface area (Å²) in [5.41, 5.74) is 12.0. The Morgan fingerprint density at radius 2 is 1.39 bits per heavy atom. The van der Waals surface area contributed by atoms with Gasteiger partial charge in [0.15, 0.2) is 0 Å². The molecule has 1 aliphatic rings. The maximum absolute atomic E-state index is 4.05. The summed E-state index contributed by atoms with van der Waals surface area (Å²) in [5.74, 6) is 0.568. The smallest absolute Gasteiger partial charge is 0.0212 e. The van der Waals surface area contributed by atoms with Gasteiger partial charge in [-0.3, -0.25) is 0 Å². The number of aryl methyl sites for hydroxylation is 2. The molecule has 0 bridgehead atoms. The van der Waals surface area contributed by atoms with Crippen LogP contribution in [-0.4, -0.2) is 0 Å². The fraction of sp³-hybridized carbons (Fsp3) is 0.565. The summed E-state index contributed by atoms with van der Waals surface area (Å²) in [6.07, 6.45) is 16.1. The van der Waals surface area contributed by atoms with Crippen molar-refractivity contribution in [1.29, 1.82) is 0 Å². The van der Waals surface area contributed by atoms with Crippen molar-refractivity contribution >= 4 is 0 Å². The predicted octanol–water partition coefficient (Wildman–Crippen LogP) is 14.5. The Kier molecular flexibility index (Phi) is 17.4. The van der Waals surface area contributed by atoms with Crippen LogP contribution in [-0.2, 0) is 18.3 Å². The fourth-order valence-corrected chi connectivity index (χ4v) is 5.63.